The maximum atomic E-state index is 12.6. The van der Waals surface area contributed by atoms with Gasteiger partial charge in [0.1, 0.15) is 5.75 Å². The first-order valence-corrected chi connectivity index (χ1v) is 9.61. The van der Waals surface area contributed by atoms with E-state index in [-0.39, 0.29) is 4.90 Å². The molecule has 2 aromatic rings. The number of sulfonamides is 1. The van der Waals surface area contributed by atoms with Crippen molar-refractivity contribution in [2.75, 3.05) is 36.1 Å². The number of anilines is 2. The van der Waals surface area contributed by atoms with E-state index >= 15 is 0 Å². The topological polar surface area (TPSA) is 58.6 Å². The third-order valence-electron chi connectivity index (χ3n) is 3.68. The number of benzene rings is 2. The summed E-state index contributed by atoms with van der Waals surface area (Å²) in [6.07, 6.45) is 0. The van der Waals surface area contributed by atoms with Gasteiger partial charge < -0.3 is 9.64 Å². The number of ether oxygens (including phenoxy) is 1. The van der Waals surface area contributed by atoms with E-state index in [2.05, 4.69) is 9.62 Å². The molecule has 1 aliphatic rings. The molecule has 0 fully saturated rings. The molecule has 2 aromatic carbocycles. The Morgan fingerprint density at radius 3 is 2.61 bits per heavy atom. The van der Waals surface area contributed by atoms with E-state index < -0.39 is 10.0 Å². The number of nitrogens with one attached hydrogen (secondary N) is 1. The Morgan fingerprint density at radius 2 is 1.91 bits per heavy atom. The summed E-state index contributed by atoms with van der Waals surface area (Å²) in [5.74, 6) is 1.69. The fourth-order valence-electron chi connectivity index (χ4n) is 2.37. The zero-order valence-corrected chi connectivity index (χ0v) is 14.6. The summed E-state index contributed by atoms with van der Waals surface area (Å²) in [6.45, 7) is 0.910. The van der Waals surface area contributed by atoms with Gasteiger partial charge in [0, 0.05) is 29.9 Å². The Hall–Kier alpha value is -1.86. The molecule has 0 spiro atoms. The monoisotopic (exact) mass is 350 g/mol. The van der Waals surface area contributed by atoms with Gasteiger partial charge in [0.2, 0.25) is 0 Å². The smallest absolute Gasteiger partial charge is 0.261 e. The van der Waals surface area contributed by atoms with Crippen LogP contribution in [-0.4, -0.2) is 34.9 Å². The predicted molar refractivity (Wildman–Crippen MR) is 94.2 cm³/mol. The summed E-state index contributed by atoms with van der Waals surface area (Å²) < 4.78 is 32.8. The number of hydrogen-bond acceptors (Lipinski definition) is 5. The first-order valence-electron chi connectivity index (χ1n) is 7.14. The SMILES string of the molecule is COc1ccc(NS(=O)(=O)c2ccc3c(c2)N(C)CCS3)cc1. The zero-order chi connectivity index (χ0) is 16.4. The van der Waals surface area contributed by atoms with Gasteiger partial charge in [0.05, 0.1) is 17.7 Å². The molecule has 0 aliphatic carbocycles. The molecule has 0 saturated heterocycles. The summed E-state index contributed by atoms with van der Waals surface area (Å²) in [7, 11) is -0.0683. The molecule has 0 unspecified atom stereocenters. The molecular formula is C16H18N2O3S2. The van der Waals surface area contributed by atoms with E-state index in [0.717, 1.165) is 22.9 Å². The van der Waals surface area contributed by atoms with Crippen molar-refractivity contribution in [2.45, 2.75) is 9.79 Å². The molecular weight excluding hydrogens is 332 g/mol. The van der Waals surface area contributed by atoms with Crippen LogP contribution in [0.2, 0.25) is 0 Å². The van der Waals surface area contributed by atoms with Gasteiger partial charge in [0.25, 0.3) is 10.0 Å². The average Bonchev–Trinajstić information content (AvgIpc) is 2.55. The lowest BCUT2D eigenvalue weighted by Gasteiger charge is -2.27. The first kappa shape index (κ1) is 16.0. The van der Waals surface area contributed by atoms with Crippen molar-refractivity contribution in [1.29, 1.82) is 0 Å². The Labute approximate surface area is 140 Å². The van der Waals surface area contributed by atoms with Crippen molar-refractivity contribution >= 4 is 33.2 Å². The van der Waals surface area contributed by atoms with E-state index in [4.69, 9.17) is 4.74 Å². The van der Waals surface area contributed by atoms with Crippen molar-refractivity contribution in [3.8, 4) is 5.75 Å². The van der Waals surface area contributed by atoms with E-state index in [9.17, 15) is 8.42 Å². The van der Waals surface area contributed by atoms with Crippen LogP contribution in [0.15, 0.2) is 52.3 Å². The molecule has 0 atom stereocenters. The van der Waals surface area contributed by atoms with Gasteiger partial charge in [-0.15, -0.1) is 11.8 Å². The third-order valence-corrected chi connectivity index (χ3v) is 6.10. The highest BCUT2D eigenvalue weighted by Gasteiger charge is 2.20. The van der Waals surface area contributed by atoms with Crippen molar-refractivity contribution < 1.29 is 13.2 Å². The lowest BCUT2D eigenvalue weighted by Crippen LogP contribution is -2.24. The minimum Gasteiger partial charge on any atom is -0.497 e. The van der Waals surface area contributed by atoms with Crippen molar-refractivity contribution in [3.05, 3.63) is 42.5 Å². The fourth-order valence-corrected chi connectivity index (χ4v) is 4.56. The lowest BCUT2D eigenvalue weighted by atomic mass is 10.3. The second kappa shape index (κ2) is 6.33. The highest BCUT2D eigenvalue weighted by Crippen LogP contribution is 2.35. The molecule has 0 saturated carbocycles. The average molecular weight is 350 g/mol. The molecule has 1 aliphatic heterocycles. The highest BCUT2D eigenvalue weighted by atomic mass is 32.2. The highest BCUT2D eigenvalue weighted by molar-refractivity contribution is 7.99. The maximum Gasteiger partial charge on any atom is 0.261 e. The van der Waals surface area contributed by atoms with Gasteiger partial charge in [-0.1, -0.05) is 0 Å². The summed E-state index contributed by atoms with van der Waals surface area (Å²) in [6, 6.07) is 12.0. The normalized spacial score (nSPS) is 14.3. The second-order valence-electron chi connectivity index (χ2n) is 5.23. The summed E-state index contributed by atoms with van der Waals surface area (Å²) in [5, 5.41) is 0. The molecule has 0 bridgehead atoms. The van der Waals surface area contributed by atoms with Crippen molar-refractivity contribution in [1.82, 2.24) is 0 Å². The standard InChI is InChI=1S/C16H18N2O3S2/c1-18-9-10-22-16-8-7-14(11-15(16)18)23(19,20)17-12-3-5-13(21-2)6-4-12/h3-8,11,17H,9-10H2,1-2H3. The number of methoxy groups -OCH3 is 1. The minimum absolute atomic E-state index is 0.265. The van der Waals surface area contributed by atoms with Gasteiger partial charge in [-0.3, -0.25) is 4.72 Å². The summed E-state index contributed by atoms with van der Waals surface area (Å²) >= 11 is 1.75. The van der Waals surface area contributed by atoms with Crippen LogP contribution in [0.25, 0.3) is 0 Å². The molecule has 0 amide bonds. The second-order valence-corrected chi connectivity index (χ2v) is 8.05. The predicted octanol–water partition coefficient (Wildman–Crippen LogP) is 3.04. The fraction of sp³-hybridized carbons (Fsp3) is 0.250. The van der Waals surface area contributed by atoms with Crippen molar-refractivity contribution in [2.24, 2.45) is 0 Å². The van der Waals surface area contributed by atoms with E-state index in [1.165, 1.54) is 0 Å². The van der Waals surface area contributed by atoms with Crippen LogP contribution in [0.3, 0.4) is 0 Å². The van der Waals surface area contributed by atoms with Crippen LogP contribution in [0.1, 0.15) is 0 Å². The molecule has 1 N–H and O–H groups in total. The Morgan fingerprint density at radius 1 is 1.17 bits per heavy atom. The van der Waals surface area contributed by atoms with Crippen LogP contribution in [0, 0.1) is 0 Å². The van der Waals surface area contributed by atoms with Crippen LogP contribution in [-0.2, 0) is 10.0 Å². The van der Waals surface area contributed by atoms with Crippen LogP contribution in [0.5, 0.6) is 5.75 Å². The van der Waals surface area contributed by atoms with E-state index in [1.807, 2.05) is 13.1 Å². The quantitative estimate of drug-likeness (QED) is 0.918. The van der Waals surface area contributed by atoms with Gasteiger partial charge in [-0.25, -0.2) is 8.42 Å². The molecule has 3 rings (SSSR count). The number of fused-ring (bicyclic) bond motifs is 1. The van der Waals surface area contributed by atoms with E-state index in [1.54, 1.807) is 55.3 Å². The maximum absolute atomic E-state index is 12.6. The van der Waals surface area contributed by atoms with Gasteiger partial charge in [-0.2, -0.15) is 0 Å². The van der Waals surface area contributed by atoms with Gasteiger partial charge in [0.15, 0.2) is 0 Å². The Kier molecular flexibility index (Phi) is 4.41. The first-order chi connectivity index (χ1) is 11.0. The van der Waals surface area contributed by atoms with E-state index in [0.29, 0.717) is 11.4 Å². The van der Waals surface area contributed by atoms with Crippen LogP contribution in [0.4, 0.5) is 11.4 Å². The molecule has 5 nitrogen and oxygen atoms in total. The Bertz CT molecular complexity index is 805. The van der Waals surface area contributed by atoms with Gasteiger partial charge in [-0.05, 0) is 42.5 Å². The molecule has 122 valence electrons. The number of hydrogen-bond donors (Lipinski definition) is 1. The van der Waals surface area contributed by atoms with Crippen molar-refractivity contribution in [3.63, 3.8) is 0 Å². The number of thioether (sulfide) groups is 1. The molecule has 23 heavy (non-hydrogen) atoms. The molecule has 1 heterocycles. The summed E-state index contributed by atoms with van der Waals surface area (Å²) in [5.41, 5.74) is 1.46. The molecule has 0 radical (unpaired) electrons. The van der Waals surface area contributed by atoms with Gasteiger partial charge >= 0.3 is 0 Å². The molecule has 0 aromatic heterocycles. The molecule has 7 heteroatoms. The minimum atomic E-state index is -3.62. The lowest BCUT2D eigenvalue weighted by molar-refractivity contribution is 0.415. The summed E-state index contributed by atoms with van der Waals surface area (Å²) in [4.78, 5) is 3.46. The van der Waals surface area contributed by atoms with Crippen LogP contribution < -0.4 is 14.4 Å². The number of rotatable bonds is 4. The Balaban J connectivity index is 1.88. The van der Waals surface area contributed by atoms with Crippen LogP contribution >= 0.6 is 11.8 Å². The zero-order valence-electron chi connectivity index (χ0n) is 12.9. The largest absolute Gasteiger partial charge is 0.497 e. The third kappa shape index (κ3) is 3.40. The number of nitrogens with zero attached hydrogens (tertiary/aromatic N) is 1.